The van der Waals surface area contributed by atoms with Gasteiger partial charge in [0.2, 0.25) is 5.91 Å². The van der Waals surface area contributed by atoms with Crippen LogP contribution in [0, 0.1) is 0 Å². The van der Waals surface area contributed by atoms with Gasteiger partial charge in [-0.25, -0.2) is 0 Å². The molecule has 2 rings (SSSR count). The Morgan fingerprint density at radius 1 is 0.462 bits per heavy atom. The summed E-state index contributed by atoms with van der Waals surface area (Å²) in [6.07, 6.45) is 46.0. The van der Waals surface area contributed by atoms with Crippen LogP contribution >= 0.6 is 0 Å². The van der Waals surface area contributed by atoms with Crippen molar-refractivity contribution in [1.82, 2.24) is 5.32 Å². The maximum absolute atomic E-state index is 13.3. The summed E-state index contributed by atoms with van der Waals surface area (Å²) in [6, 6.07) is -0.930. The number of nitrogens with one attached hydrogen (secondary N) is 1. The van der Waals surface area contributed by atoms with Gasteiger partial charge < -0.3 is 65.1 Å². The Labute approximate surface area is 473 Å². The highest BCUT2D eigenvalue weighted by molar-refractivity contribution is 5.76. The van der Waals surface area contributed by atoms with E-state index in [0.717, 1.165) is 38.5 Å². The van der Waals surface area contributed by atoms with Crippen LogP contribution in [0.4, 0.5) is 0 Å². The van der Waals surface area contributed by atoms with Crippen LogP contribution in [-0.2, 0) is 23.7 Å². The summed E-state index contributed by atoms with van der Waals surface area (Å²) >= 11 is 0. The number of aliphatic hydroxyl groups is 8. The van der Waals surface area contributed by atoms with Gasteiger partial charge in [-0.15, -0.1) is 0 Å². The summed E-state index contributed by atoms with van der Waals surface area (Å²) in [5.41, 5.74) is 0. The number of hydrogen-bond donors (Lipinski definition) is 9. The first-order valence-corrected chi connectivity index (χ1v) is 31.9. The molecule has 0 saturated carbocycles. The van der Waals surface area contributed by atoms with Crippen LogP contribution in [0.2, 0.25) is 0 Å². The minimum Gasteiger partial charge on any atom is -0.394 e. The maximum atomic E-state index is 13.3. The molecule has 9 N–H and O–H groups in total. The molecule has 2 aliphatic rings. The Morgan fingerprint density at radius 3 is 1.33 bits per heavy atom. The number of carbonyl (C=O) groups excluding carboxylic acids is 1. The van der Waals surface area contributed by atoms with E-state index >= 15 is 0 Å². The number of aliphatic hydroxyl groups excluding tert-OH is 8. The Hall–Kier alpha value is -2.05. The molecule has 2 fully saturated rings. The highest BCUT2D eigenvalue weighted by Crippen LogP contribution is 2.30. The molecular weight excluding hydrogens is 991 g/mol. The van der Waals surface area contributed by atoms with Crippen LogP contribution in [-0.4, -0.2) is 140 Å². The number of amides is 1. The van der Waals surface area contributed by atoms with E-state index in [-0.39, 0.29) is 18.9 Å². The van der Waals surface area contributed by atoms with Crippen molar-refractivity contribution >= 4 is 5.91 Å². The fraction of sp³-hybridized carbons (Fsp3) is 0.859. The van der Waals surface area contributed by atoms with Crippen molar-refractivity contribution in [3.05, 3.63) is 48.6 Å². The summed E-state index contributed by atoms with van der Waals surface area (Å²) in [5, 5.41) is 87.0. The van der Waals surface area contributed by atoms with Gasteiger partial charge in [0.05, 0.1) is 32.0 Å². The molecule has 12 atom stereocenters. The van der Waals surface area contributed by atoms with Crippen molar-refractivity contribution in [2.45, 2.75) is 331 Å². The van der Waals surface area contributed by atoms with E-state index in [0.29, 0.717) is 12.8 Å². The van der Waals surface area contributed by atoms with Crippen LogP contribution in [0.1, 0.15) is 258 Å². The number of rotatable bonds is 51. The van der Waals surface area contributed by atoms with E-state index < -0.39 is 86.8 Å². The maximum Gasteiger partial charge on any atom is 0.220 e. The van der Waals surface area contributed by atoms with Gasteiger partial charge in [-0.05, 0) is 64.2 Å². The average Bonchev–Trinajstić information content (AvgIpc) is 3.47. The standard InChI is InChI=1S/C64H117NO13/c1-3-5-7-9-11-13-15-17-18-19-20-21-22-23-24-25-26-27-28-29-30-31-32-33-34-36-38-40-42-44-46-48-56(69)65-52(53(68)47-45-43-41-39-37-35-16-14-12-10-8-6-4-2)51-75-63-61(74)59(72)62(55(50-67)77-63)78-64-60(73)58(71)57(70)54(49-66)76-64/h15,17,19-20,37,39,45,47,52-55,57-64,66-68,70-74H,3-14,16,18,21-36,38,40-44,46,48-51H2,1-2H3,(H,65,69)/b17-15-,20-19-,39-37+,47-45+. The zero-order chi connectivity index (χ0) is 56.7. The third kappa shape index (κ3) is 34.4. The molecule has 2 saturated heterocycles. The topological polar surface area (TPSA) is 228 Å². The average molecular weight is 1110 g/mol. The molecule has 0 aromatic carbocycles. The molecular formula is C64H117NO13. The van der Waals surface area contributed by atoms with Gasteiger partial charge in [0, 0.05) is 6.42 Å². The fourth-order valence-corrected chi connectivity index (χ4v) is 10.3. The molecule has 78 heavy (non-hydrogen) atoms. The Morgan fingerprint density at radius 2 is 0.859 bits per heavy atom. The van der Waals surface area contributed by atoms with Gasteiger partial charge in [-0.2, -0.15) is 0 Å². The Balaban J connectivity index is 1.65. The predicted molar refractivity (Wildman–Crippen MR) is 314 cm³/mol. The molecule has 1 amide bonds. The van der Waals surface area contributed by atoms with E-state index in [1.165, 1.54) is 186 Å². The minimum atomic E-state index is -1.79. The number of allylic oxidation sites excluding steroid dienone is 7. The monoisotopic (exact) mass is 1110 g/mol. The van der Waals surface area contributed by atoms with Crippen molar-refractivity contribution < 1.29 is 64.6 Å². The highest BCUT2D eigenvalue weighted by Gasteiger charge is 2.51. The Bertz CT molecular complexity index is 1490. The van der Waals surface area contributed by atoms with E-state index in [1.54, 1.807) is 6.08 Å². The van der Waals surface area contributed by atoms with E-state index in [1.807, 2.05) is 6.08 Å². The molecule has 0 radical (unpaired) electrons. The largest absolute Gasteiger partial charge is 0.394 e. The first-order valence-electron chi connectivity index (χ1n) is 31.9. The van der Waals surface area contributed by atoms with Gasteiger partial charge in [0.15, 0.2) is 12.6 Å². The molecule has 2 aliphatic heterocycles. The fourth-order valence-electron chi connectivity index (χ4n) is 10.3. The van der Waals surface area contributed by atoms with Crippen molar-refractivity contribution in [2.75, 3.05) is 19.8 Å². The number of hydrogen-bond acceptors (Lipinski definition) is 13. The lowest BCUT2D eigenvalue weighted by atomic mass is 9.97. The summed E-state index contributed by atoms with van der Waals surface area (Å²) in [5.74, 6) is -0.248. The van der Waals surface area contributed by atoms with Crippen LogP contribution < -0.4 is 5.32 Å². The van der Waals surface area contributed by atoms with Crippen LogP contribution in [0.25, 0.3) is 0 Å². The van der Waals surface area contributed by atoms with Crippen LogP contribution in [0.15, 0.2) is 48.6 Å². The minimum absolute atomic E-state index is 0.248. The quantitative estimate of drug-likeness (QED) is 0.0204. The first kappa shape index (κ1) is 72.1. The first-order chi connectivity index (χ1) is 38.1. The van der Waals surface area contributed by atoms with Crippen molar-refractivity contribution in [2.24, 2.45) is 0 Å². The van der Waals surface area contributed by atoms with E-state index in [4.69, 9.17) is 18.9 Å². The lowest BCUT2D eigenvalue weighted by Gasteiger charge is -2.46. The molecule has 0 aliphatic carbocycles. The van der Waals surface area contributed by atoms with Crippen LogP contribution in [0.5, 0.6) is 0 Å². The summed E-state index contributed by atoms with van der Waals surface area (Å²) in [6.45, 7) is 2.77. The normalized spacial score (nSPS) is 24.8. The smallest absolute Gasteiger partial charge is 0.220 e. The van der Waals surface area contributed by atoms with Crippen molar-refractivity contribution in [1.29, 1.82) is 0 Å². The second-order valence-electron chi connectivity index (χ2n) is 22.5. The van der Waals surface area contributed by atoms with Gasteiger partial charge in [0.1, 0.15) is 48.8 Å². The zero-order valence-corrected chi connectivity index (χ0v) is 49.2. The third-order valence-corrected chi connectivity index (χ3v) is 15.5. The van der Waals surface area contributed by atoms with Crippen molar-refractivity contribution in [3.63, 3.8) is 0 Å². The molecule has 2 heterocycles. The van der Waals surface area contributed by atoms with Crippen molar-refractivity contribution in [3.8, 4) is 0 Å². The number of unbranched alkanes of at least 4 members (excludes halogenated alkanes) is 32. The number of ether oxygens (including phenoxy) is 4. The van der Waals surface area contributed by atoms with Crippen LogP contribution in [0.3, 0.4) is 0 Å². The highest BCUT2D eigenvalue weighted by atomic mass is 16.7. The number of carbonyl (C=O) groups is 1. The Kier molecular flexibility index (Phi) is 45.8. The van der Waals surface area contributed by atoms with Gasteiger partial charge in [-0.3, -0.25) is 4.79 Å². The molecule has 0 aromatic rings. The summed E-state index contributed by atoms with van der Waals surface area (Å²) in [7, 11) is 0. The molecule has 0 spiro atoms. The molecule has 0 bridgehead atoms. The third-order valence-electron chi connectivity index (χ3n) is 15.5. The summed E-state index contributed by atoms with van der Waals surface area (Å²) < 4.78 is 22.8. The molecule has 14 nitrogen and oxygen atoms in total. The summed E-state index contributed by atoms with van der Waals surface area (Å²) in [4.78, 5) is 13.3. The van der Waals surface area contributed by atoms with Gasteiger partial charge in [-0.1, -0.05) is 236 Å². The zero-order valence-electron chi connectivity index (χ0n) is 49.2. The van der Waals surface area contributed by atoms with Gasteiger partial charge >= 0.3 is 0 Å². The second kappa shape index (κ2) is 49.5. The van der Waals surface area contributed by atoms with E-state index in [9.17, 15) is 45.6 Å². The molecule has 12 unspecified atom stereocenters. The van der Waals surface area contributed by atoms with Gasteiger partial charge in [0.25, 0.3) is 0 Å². The predicted octanol–water partition coefficient (Wildman–Crippen LogP) is 11.6. The lowest BCUT2D eigenvalue weighted by molar-refractivity contribution is -0.359. The molecule has 456 valence electrons. The van der Waals surface area contributed by atoms with E-state index in [2.05, 4.69) is 55.6 Å². The SMILES string of the molecule is CCCCCCC/C=C\C/C=C\CCCCCCCCCCCCCCCCCCCCCC(=O)NC(COC1OC(CO)C(OC2OC(CO)C(O)C(O)C2O)C(O)C1O)C(O)/C=C/CC/C=C/CCCCCCCCC. The lowest BCUT2D eigenvalue weighted by Crippen LogP contribution is -2.65. The molecule has 14 heteroatoms. The second-order valence-corrected chi connectivity index (χ2v) is 22.5. The molecule has 0 aromatic heterocycles.